The summed E-state index contributed by atoms with van der Waals surface area (Å²) in [5.41, 5.74) is 4.10. The van der Waals surface area contributed by atoms with Gasteiger partial charge in [-0.2, -0.15) is 0 Å². The largest absolute Gasteiger partial charge is 0.348 e. The summed E-state index contributed by atoms with van der Waals surface area (Å²) in [7, 11) is 0. The Bertz CT molecular complexity index is 1370. The number of hydrogen-bond donors (Lipinski definition) is 1. The fraction of sp³-hybridized carbons (Fsp3) is 0.167. The van der Waals surface area contributed by atoms with Crippen LogP contribution in [0.3, 0.4) is 0 Å². The Morgan fingerprint density at radius 2 is 1.91 bits per heavy atom. The van der Waals surface area contributed by atoms with Crippen molar-refractivity contribution in [3.63, 3.8) is 0 Å². The van der Waals surface area contributed by atoms with Crippen molar-refractivity contribution >= 4 is 38.8 Å². The second-order valence-electron chi connectivity index (χ2n) is 7.72. The minimum Gasteiger partial charge on any atom is -0.348 e. The SMILES string of the molecule is O=C(c1cnc(Cc2ccccc2)s1)N1CCc2[nH]cnc2[C@H]1c1nc2ccccc2s1. The molecule has 6 nitrogen and oxygen atoms in total. The Kier molecular flexibility index (Phi) is 4.81. The number of carbonyl (C=O) groups excluding carboxylic acids is 1. The highest BCUT2D eigenvalue weighted by molar-refractivity contribution is 7.18. The number of benzene rings is 2. The predicted molar refractivity (Wildman–Crippen MR) is 126 cm³/mol. The number of H-pyrrole nitrogens is 1. The van der Waals surface area contributed by atoms with Crippen LogP contribution in [-0.2, 0) is 12.8 Å². The van der Waals surface area contributed by atoms with Crippen molar-refractivity contribution in [1.82, 2.24) is 24.8 Å². The lowest BCUT2D eigenvalue weighted by molar-refractivity contribution is 0.0695. The quantitative estimate of drug-likeness (QED) is 0.418. The molecule has 0 bridgehead atoms. The number of rotatable bonds is 4. The number of carbonyl (C=O) groups is 1. The van der Waals surface area contributed by atoms with Gasteiger partial charge in [0.15, 0.2) is 0 Å². The van der Waals surface area contributed by atoms with Crippen LogP contribution in [0.25, 0.3) is 10.2 Å². The van der Waals surface area contributed by atoms with Crippen LogP contribution in [-0.4, -0.2) is 37.3 Å². The van der Waals surface area contributed by atoms with E-state index in [0.29, 0.717) is 11.4 Å². The molecule has 1 aliphatic heterocycles. The molecule has 32 heavy (non-hydrogen) atoms. The molecule has 0 fully saturated rings. The van der Waals surface area contributed by atoms with Crippen molar-refractivity contribution in [2.24, 2.45) is 0 Å². The molecule has 158 valence electrons. The number of para-hydroxylation sites is 1. The molecular formula is C24H19N5OS2. The summed E-state index contributed by atoms with van der Waals surface area (Å²) in [6, 6.07) is 18.0. The van der Waals surface area contributed by atoms with Crippen molar-refractivity contribution in [3.8, 4) is 0 Å². The van der Waals surface area contributed by atoms with Crippen molar-refractivity contribution < 1.29 is 4.79 Å². The van der Waals surface area contributed by atoms with Gasteiger partial charge < -0.3 is 9.88 Å². The summed E-state index contributed by atoms with van der Waals surface area (Å²) in [6.07, 6.45) is 4.89. The highest BCUT2D eigenvalue weighted by Crippen LogP contribution is 2.38. The predicted octanol–water partition coefficient (Wildman–Crippen LogP) is 4.85. The molecule has 0 saturated carbocycles. The maximum absolute atomic E-state index is 13.6. The third-order valence-corrected chi connectivity index (χ3v) is 7.77. The number of nitrogens with one attached hydrogen (secondary N) is 1. The van der Waals surface area contributed by atoms with Gasteiger partial charge in [-0.1, -0.05) is 42.5 Å². The number of hydrogen-bond acceptors (Lipinski definition) is 6. The van der Waals surface area contributed by atoms with Crippen LogP contribution in [0.5, 0.6) is 0 Å². The van der Waals surface area contributed by atoms with Gasteiger partial charge in [0.25, 0.3) is 5.91 Å². The van der Waals surface area contributed by atoms with Crippen molar-refractivity contribution in [3.05, 3.63) is 99.0 Å². The van der Waals surface area contributed by atoms with Crippen LogP contribution in [0.1, 0.15) is 42.7 Å². The van der Waals surface area contributed by atoms with Crippen molar-refractivity contribution in [1.29, 1.82) is 0 Å². The standard InChI is InChI=1S/C24H19N5OS2/c30-24(19-13-25-20(31-19)12-15-6-2-1-3-7-15)29-11-10-17-21(27-14-26-17)22(29)23-28-16-8-4-5-9-18(16)32-23/h1-9,13-14,22H,10-12H2,(H,26,27)/t22-/m0/s1. The van der Waals surface area contributed by atoms with E-state index < -0.39 is 0 Å². The number of thiazole rings is 2. The summed E-state index contributed by atoms with van der Waals surface area (Å²) in [5.74, 6) is -0.0142. The lowest BCUT2D eigenvalue weighted by Gasteiger charge is -2.33. The first-order chi connectivity index (χ1) is 15.8. The Hall–Kier alpha value is -3.36. The molecule has 1 aliphatic rings. The van der Waals surface area contributed by atoms with Crippen LogP contribution >= 0.6 is 22.7 Å². The third-order valence-electron chi connectivity index (χ3n) is 5.69. The summed E-state index contributed by atoms with van der Waals surface area (Å²) in [6.45, 7) is 0.612. The minimum absolute atomic E-state index is 0.0142. The number of nitrogens with zero attached hydrogens (tertiary/aromatic N) is 4. The lowest BCUT2D eigenvalue weighted by Crippen LogP contribution is -2.40. The van der Waals surface area contributed by atoms with E-state index in [1.165, 1.54) is 16.9 Å². The molecule has 8 heteroatoms. The average Bonchev–Trinajstić information content (AvgIpc) is 3.57. The maximum Gasteiger partial charge on any atom is 0.266 e. The molecule has 4 heterocycles. The lowest BCUT2D eigenvalue weighted by atomic mass is 10.0. The van der Waals surface area contributed by atoms with Gasteiger partial charge in [0.2, 0.25) is 0 Å². The molecule has 0 spiro atoms. The number of imidazole rings is 1. The first-order valence-electron chi connectivity index (χ1n) is 10.4. The first kappa shape index (κ1) is 19.3. The van der Waals surface area contributed by atoms with Crippen LogP contribution in [0.15, 0.2) is 67.1 Å². The van der Waals surface area contributed by atoms with Gasteiger partial charge in [0.1, 0.15) is 15.9 Å². The summed E-state index contributed by atoms with van der Waals surface area (Å²) < 4.78 is 1.11. The molecule has 3 aromatic heterocycles. The second kappa shape index (κ2) is 7.96. The first-order valence-corrected chi connectivity index (χ1v) is 12.1. The van der Waals surface area contributed by atoms with Gasteiger partial charge in [-0.05, 0) is 17.7 Å². The molecule has 0 radical (unpaired) electrons. The normalized spacial score (nSPS) is 15.8. The topological polar surface area (TPSA) is 74.8 Å². The zero-order valence-corrected chi connectivity index (χ0v) is 18.7. The van der Waals surface area contributed by atoms with E-state index in [-0.39, 0.29) is 11.9 Å². The Balaban J connectivity index is 1.34. The summed E-state index contributed by atoms with van der Waals surface area (Å²) in [4.78, 5) is 33.4. The summed E-state index contributed by atoms with van der Waals surface area (Å²) >= 11 is 3.09. The fourth-order valence-corrected chi connectivity index (χ4v) is 6.15. The number of aromatic nitrogens is 4. The van der Waals surface area contributed by atoms with E-state index >= 15 is 0 Å². The van der Waals surface area contributed by atoms with E-state index in [0.717, 1.165) is 44.5 Å². The maximum atomic E-state index is 13.6. The molecule has 1 atom stereocenters. The van der Waals surface area contributed by atoms with E-state index in [2.05, 4.69) is 33.2 Å². The molecular weight excluding hydrogens is 438 g/mol. The third kappa shape index (κ3) is 3.41. The molecule has 0 unspecified atom stereocenters. The molecule has 5 aromatic rings. The van der Waals surface area contributed by atoms with Gasteiger partial charge in [-0.25, -0.2) is 15.0 Å². The van der Waals surface area contributed by atoms with E-state index in [1.54, 1.807) is 23.9 Å². The van der Waals surface area contributed by atoms with Crippen LogP contribution in [0.2, 0.25) is 0 Å². The monoisotopic (exact) mass is 457 g/mol. The van der Waals surface area contributed by atoms with Gasteiger partial charge in [-0.15, -0.1) is 22.7 Å². The Morgan fingerprint density at radius 1 is 1.06 bits per heavy atom. The Labute approximate surface area is 192 Å². The second-order valence-corrected chi connectivity index (χ2v) is 9.90. The molecule has 1 N–H and O–H groups in total. The van der Waals surface area contributed by atoms with Gasteiger partial charge in [0.05, 0.1) is 33.4 Å². The minimum atomic E-state index is -0.297. The van der Waals surface area contributed by atoms with Crippen LogP contribution < -0.4 is 0 Å². The highest BCUT2D eigenvalue weighted by Gasteiger charge is 2.37. The van der Waals surface area contributed by atoms with E-state index in [1.807, 2.05) is 41.3 Å². The van der Waals surface area contributed by atoms with Crippen molar-refractivity contribution in [2.75, 3.05) is 6.54 Å². The zero-order chi connectivity index (χ0) is 21.5. The van der Waals surface area contributed by atoms with Gasteiger partial charge >= 0.3 is 0 Å². The molecule has 6 rings (SSSR count). The molecule has 0 saturated heterocycles. The van der Waals surface area contributed by atoms with E-state index in [4.69, 9.17) is 4.98 Å². The smallest absolute Gasteiger partial charge is 0.266 e. The summed E-state index contributed by atoms with van der Waals surface area (Å²) in [5, 5.41) is 1.83. The molecule has 0 aliphatic carbocycles. The van der Waals surface area contributed by atoms with Crippen molar-refractivity contribution in [2.45, 2.75) is 18.9 Å². The molecule has 2 aromatic carbocycles. The average molecular weight is 458 g/mol. The number of fused-ring (bicyclic) bond motifs is 2. The highest BCUT2D eigenvalue weighted by atomic mass is 32.1. The Morgan fingerprint density at radius 3 is 2.78 bits per heavy atom. The van der Waals surface area contributed by atoms with Crippen LogP contribution in [0.4, 0.5) is 0 Å². The van der Waals surface area contributed by atoms with Crippen LogP contribution in [0, 0.1) is 0 Å². The van der Waals surface area contributed by atoms with E-state index in [9.17, 15) is 4.79 Å². The van der Waals surface area contributed by atoms with Gasteiger partial charge in [-0.3, -0.25) is 4.79 Å². The zero-order valence-electron chi connectivity index (χ0n) is 17.1. The van der Waals surface area contributed by atoms with Gasteiger partial charge in [0, 0.05) is 25.1 Å². The number of aromatic amines is 1. The fourth-order valence-electron chi connectivity index (χ4n) is 4.16. The molecule has 1 amide bonds. The number of amides is 1.